The van der Waals surface area contributed by atoms with E-state index < -0.39 is 4.92 Å². The molecule has 1 atom stereocenters. The molecule has 1 aromatic carbocycles. The maximum absolute atomic E-state index is 10.9. The van der Waals surface area contributed by atoms with E-state index in [-0.39, 0.29) is 11.4 Å². The van der Waals surface area contributed by atoms with Gasteiger partial charge in [0.15, 0.2) is 0 Å². The number of nitro benzene ring substituents is 1. The third-order valence-electron chi connectivity index (χ3n) is 3.06. The van der Waals surface area contributed by atoms with E-state index in [1.54, 1.807) is 12.1 Å². The summed E-state index contributed by atoms with van der Waals surface area (Å²) in [4.78, 5) is 10.4. The van der Waals surface area contributed by atoms with Gasteiger partial charge in [-0.25, -0.2) is 0 Å². The minimum absolute atomic E-state index is 0.0483. The highest BCUT2D eigenvalue weighted by Gasteiger charge is 2.16. The third-order valence-corrected chi connectivity index (χ3v) is 3.06. The van der Waals surface area contributed by atoms with Crippen LogP contribution in [0.5, 0.6) is 0 Å². The molecule has 1 fully saturated rings. The van der Waals surface area contributed by atoms with Gasteiger partial charge in [0.05, 0.1) is 24.7 Å². The lowest BCUT2D eigenvalue weighted by molar-refractivity contribution is -0.384. The Hall–Kier alpha value is -1.70. The van der Waals surface area contributed by atoms with Crippen LogP contribution < -0.4 is 11.3 Å². The van der Waals surface area contributed by atoms with Crippen LogP contribution in [-0.4, -0.2) is 24.7 Å². The van der Waals surface area contributed by atoms with Crippen molar-refractivity contribution < 1.29 is 14.4 Å². The highest BCUT2D eigenvalue weighted by molar-refractivity contribution is 5.61. The summed E-state index contributed by atoms with van der Waals surface area (Å²) in [6, 6.07) is 4.81. The Morgan fingerprint density at radius 3 is 3.05 bits per heavy atom. The smallest absolute Gasteiger partial charge is 0.294 e. The average molecular weight is 267 g/mol. The summed E-state index contributed by atoms with van der Waals surface area (Å²) in [6.45, 7) is 2.49. The number of benzene rings is 1. The molecule has 104 valence electrons. The molecule has 0 saturated carbocycles. The molecule has 0 aromatic heterocycles. The highest BCUT2D eigenvalue weighted by Crippen LogP contribution is 2.25. The maximum Gasteiger partial charge on any atom is 0.294 e. The zero-order valence-corrected chi connectivity index (χ0v) is 10.5. The fraction of sp³-hybridized carbons (Fsp3) is 0.500. The Kier molecular flexibility index (Phi) is 4.67. The number of hydrazine groups is 1. The first-order valence-corrected chi connectivity index (χ1v) is 6.10. The summed E-state index contributed by atoms with van der Waals surface area (Å²) in [7, 11) is 0. The number of rotatable bonds is 6. The van der Waals surface area contributed by atoms with Crippen molar-refractivity contribution in [1.29, 1.82) is 0 Å². The van der Waals surface area contributed by atoms with Gasteiger partial charge in [-0.1, -0.05) is 6.07 Å². The SMILES string of the molecule is NNc1ccc(COCC2CCOC2)cc1[N+](=O)[O-]. The third kappa shape index (κ3) is 3.63. The van der Waals surface area contributed by atoms with Gasteiger partial charge in [0.2, 0.25) is 0 Å². The topological polar surface area (TPSA) is 99.7 Å². The number of nitrogens with zero attached hydrogens (tertiary/aromatic N) is 1. The molecular weight excluding hydrogens is 250 g/mol. The first kappa shape index (κ1) is 13.7. The van der Waals surface area contributed by atoms with Gasteiger partial charge in [-0.2, -0.15) is 0 Å². The Bertz CT molecular complexity index is 447. The minimum atomic E-state index is -0.469. The van der Waals surface area contributed by atoms with Crippen molar-refractivity contribution in [3.8, 4) is 0 Å². The molecule has 0 radical (unpaired) electrons. The molecule has 7 heteroatoms. The van der Waals surface area contributed by atoms with Crippen molar-refractivity contribution in [2.24, 2.45) is 11.8 Å². The Labute approximate surface area is 110 Å². The van der Waals surface area contributed by atoms with Crippen molar-refractivity contribution in [2.45, 2.75) is 13.0 Å². The lowest BCUT2D eigenvalue weighted by Crippen LogP contribution is -2.10. The number of nitro groups is 1. The van der Waals surface area contributed by atoms with Crippen LogP contribution in [0.4, 0.5) is 11.4 Å². The summed E-state index contributed by atoms with van der Waals surface area (Å²) in [6.07, 6.45) is 1.01. The number of hydrogen-bond acceptors (Lipinski definition) is 6. The Morgan fingerprint density at radius 1 is 1.58 bits per heavy atom. The van der Waals surface area contributed by atoms with Gasteiger partial charge < -0.3 is 14.9 Å². The predicted molar refractivity (Wildman–Crippen MR) is 69.5 cm³/mol. The van der Waals surface area contributed by atoms with Crippen LogP contribution in [0.15, 0.2) is 18.2 Å². The first-order chi connectivity index (χ1) is 9.20. The normalized spacial score (nSPS) is 18.5. The van der Waals surface area contributed by atoms with Gasteiger partial charge in [0.1, 0.15) is 5.69 Å². The van der Waals surface area contributed by atoms with Gasteiger partial charge in [0, 0.05) is 18.6 Å². The standard InChI is InChI=1S/C12H17N3O4/c13-14-11-2-1-9(5-12(11)15(16)17)6-19-8-10-3-4-18-7-10/h1-2,5,10,14H,3-4,6-8,13H2. The molecule has 1 aliphatic heterocycles. The zero-order valence-electron chi connectivity index (χ0n) is 10.5. The summed E-state index contributed by atoms with van der Waals surface area (Å²) >= 11 is 0. The molecule has 1 aromatic rings. The summed E-state index contributed by atoms with van der Waals surface area (Å²) in [5.41, 5.74) is 3.30. The highest BCUT2D eigenvalue weighted by atomic mass is 16.6. The molecule has 19 heavy (non-hydrogen) atoms. The molecule has 0 bridgehead atoms. The van der Waals surface area contributed by atoms with E-state index in [1.807, 2.05) is 0 Å². The zero-order chi connectivity index (χ0) is 13.7. The van der Waals surface area contributed by atoms with Crippen LogP contribution in [0, 0.1) is 16.0 Å². The number of hydrogen-bond donors (Lipinski definition) is 2. The van der Waals surface area contributed by atoms with Crippen LogP contribution in [0.1, 0.15) is 12.0 Å². The number of nitrogen functional groups attached to an aromatic ring is 1. The van der Waals surface area contributed by atoms with Crippen molar-refractivity contribution in [3.05, 3.63) is 33.9 Å². The van der Waals surface area contributed by atoms with E-state index in [2.05, 4.69) is 5.43 Å². The molecule has 0 spiro atoms. The van der Waals surface area contributed by atoms with E-state index in [1.165, 1.54) is 6.07 Å². The monoisotopic (exact) mass is 267 g/mol. The first-order valence-electron chi connectivity index (χ1n) is 6.10. The number of ether oxygens (including phenoxy) is 2. The largest absolute Gasteiger partial charge is 0.381 e. The molecular formula is C12H17N3O4. The lowest BCUT2D eigenvalue weighted by Gasteiger charge is -2.09. The average Bonchev–Trinajstić information content (AvgIpc) is 2.91. The van der Waals surface area contributed by atoms with Gasteiger partial charge >= 0.3 is 0 Å². The molecule has 1 unspecified atom stereocenters. The van der Waals surface area contributed by atoms with Crippen LogP contribution in [0.2, 0.25) is 0 Å². The van der Waals surface area contributed by atoms with E-state index in [0.717, 1.165) is 25.2 Å². The second-order valence-corrected chi connectivity index (χ2v) is 4.50. The van der Waals surface area contributed by atoms with Crippen LogP contribution in [-0.2, 0) is 16.1 Å². The van der Waals surface area contributed by atoms with Gasteiger partial charge in [-0.3, -0.25) is 16.0 Å². The second kappa shape index (κ2) is 6.46. The molecule has 2 rings (SSSR count). The molecule has 1 heterocycles. The van der Waals surface area contributed by atoms with E-state index in [4.69, 9.17) is 15.3 Å². The molecule has 7 nitrogen and oxygen atoms in total. The van der Waals surface area contributed by atoms with E-state index >= 15 is 0 Å². The van der Waals surface area contributed by atoms with Gasteiger partial charge in [-0.05, 0) is 18.1 Å². The van der Waals surface area contributed by atoms with Crippen LogP contribution >= 0.6 is 0 Å². The van der Waals surface area contributed by atoms with Crippen LogP contribution in [0.3, 0.4) is 0 Å². The van der Waals surface area contributed by atoms with Gasteiger partial charge in [-0.15, -0.1) is 0 Å². The second-order valence-electron chi connectivity index (χ2n) is 4.50. The van der Waals surface area contributed by atoms with E-state index in [9.17, 15) is 10.1 Å². The van der Waals surface area contributed by atoms with E-state index in [0.29, 0.717) is 19.1 Å². The Morgan fingerprint density at radius 2 is 2.42 bits per heavy atom. The molecule has 3 N–H and O–H groups in total. The van der Waals surface area contributed by atoms with Crippen molar-refractivity contribution in [2.75, 3.05) is 25.2 Å². The van der Waals surface area contributed by atoms with Gasteiger partial charge in [0.25, 0.3) is 5.69 Å². The predicted octanol–water partition coefficient (Wildman–Crippen LogP) is 1.43. The quantitative estimate of drug-likeness (QED) is 0.459. The van der Waals surface area contributed by atoms with Crippen LogP contribution in [0.25, 0.3) is 0 Å². The fourth-order valence-corrected chi connectivity index (χ4v) is 2.00. The molecule has 0 aliphatic carbocycles. The summed E-state index contributed by atoms with van der Waals surface area (Å²) < 4.78 is 10.8. The maximum atomic E-state index is 10.9. The van der Waals surface area contributed by atoms with Crippen molar-refractivity contribution in [1.82, 2.24) is 0 Å². The molecule has 1 saturated heterocycles. The summed E-state index contributed by atoms with van der Waals surface area (Å²) in [5, 5.41) is 10.9. The number of nitrogens with one attached hydrogen (secondary N) is 1. The lowest BCUT2D eigenvalue weighted by atomic mass is 10.1. The minimum Gasteiger partial charge on any atom is -0.381 e. The Balaban J connectivity index is 1.92. The number of anilines is 1. The fourth-order valence-electron chi connectivity index (χ4n) is 2.00. The molecule has 0 amide bonds. The van der Waals surface area contributed by atoms with Crippen molar-refractivity contribution in [3.63, 3.8) is 0 Å². The van der Waals surface area contributed by atoms with Crippen molar-refractivity contribution >= 4 is 11.4 Å². The summed E-state index contributed by atoms with van der Waals surface area (Å²) in [5.74, 6) is 5.65. The number of nitrogens with two attached hydrogens (primary N) is 1. The molecule has 1 aliphatic rings.